The van der Waals surface area contributed by atoms with Crippen molar-refractivity contribution >= 4 is 23.5 Å². The van der Waals surface area contributed by atoms with Gasteiger partial charge < -0.3 is 40.1 Å². The molecule has 4 aromatic carbocycles. The molecule has 3 atom stereocenters. The van der Waals surface area contributed by atoms with Crippen LogP contribution in [0.3, 0.4) is 0 Å². The van der Waals surface area contributed by atoms with Crippen molar-refractivity contribution in [1.82, 2.24) is 15.5 Å². The van der Waals surface area contributed by atoms with Gasteiger partial charge in [-0.2, -0.15) is 0 Å². The number of likely N-dealkylation sites (tertiary alicyclic amines) is 1. The molecule has 4 aromatic rings. The Morgan fingerprint density at radius 3 is 2.25 bits per heavy atom. The number of hydrogen-bond acceptors (Lipinski definition) is 8. The summed E-state index contributed by atoms with van der Waals surface area (Å²) in [6.07, 6.45) is 4.81. The van der Waals surface area contributed by atoms with Crippen LogP contribution in [0.15, 0.2) is 103 Å². The number of carbonyl (C=O) groups excluding carboxylic acids is 2. The van der Waals surface area contributed by atoms with E-state index >= 15 is 0 Å². The maximum Gasteiger partial charge on any atom is 0.303 e. The van der Waals surface area contributed by atoms with E-state index in [2.05, 4.69) is 56.8 Å². The minimum atomic E-state index is -0.780. The fourth-order valence-electron chi connectivity index (χ4n) is 8.39. The highest BCUT2D eigenvalue weighted by molar-refractivity contribution is 5.93. The summed E-state index contributed by atoms with van der Waals surface area (Å²) in [5.74, 6) is -0.685. The number of amides is 2. The van der Waals surface area contributed by atoms with E-state index in [-0.39, 0.29) is 37.0 Å². The molecule has 4 N–H and O–H groups in total. The Hall–Kier alpha value is -5.07. The number of carbonyl (C=O) groups is 3. The first-order chi connectivity index (χ1) is 27.8. The van der Waals surface area contributed by atoms with Gasteiger partial charge in [0.15, 0.2) is 6.29 Å². The van der Waals surface area contributed by atoms with Crippen molar-refractivity contribution in [3.05, 3.63) is 125 Å². The molecular weight excluding hydrogens is 721 g/mol. The van der Waals surface area contributed by atoms with Gasteiger partial charge in [0, 0.05) is 56.7 Å². The third kappa shape index (κ3) is 10.1. The Bertz CT molecular complexity index is 1970. The van der Waals surface area contributed by atoms with Gasteiger partial charge >= 0.3 is 5.97 Å². The van der Waals surface area contributed by atoms with E-state index in [1.54, 1.807) is 0 Å². The van der Waals surface area contributed by atoms with Crippen LogP contribution in [-0.4, -0.2) is 70.8 Å². The predicted molar refractivity (Wildman–Crippen MR) is 218 cm³/mol. The third-order valence-electron chi connectivity index (χ3n) is 11.6. The molecule has 3 heterocycles. The molecule has 7 rings (SSSR count). The lowest BCUT2D eigenvalue weighted by Crippen LogP contribution is -2.57. The number of aliphatic carboxylic acids is 1. The van der Waals surface area contributed by atoms with Crippen molar-refractivity contribution in [3.63, 3.8) is 0 Å². The van der Waals surface area contributed by atoms with E-state index in [4.69, 9.17) is 14.6 Å². The van der Waals surface area contributed by atoms with Gasteiger partial charge in [0.25, 0.3) is 0 Å². The number of anilines is 1. The first-order valence-corrected chi connectivity index (χ1v) is 20.3. The second kappa shape index (κ2) is 18.9. The Kier molecular flexibility index (Phi) is 13.3. The van der Waals surface area contributed by atoms with Crippen molar-refractivity contribution in [1.29, 1.82) is 0 Å². The molecule has 57 heavy (non-hydrogen) atoms. The molecule has 300 valence electrons. The predicted octanol–water partition coefficient (Wildman–Crippen LogP) is 6.86. The van der Waals surface area contributed by atoms with E-state index in [0.717, 1.165) is 84.3 Å². The average molecular weight is 775 g/mol. The molecule has 11 nitrogen and oxygen atoms in total. The topological polar surface area (TPSA) is 141 Å². The van der Waals surface area contributed by atoms with E-state index in [9.17, 15) is 19.5 Å². The van der Waals surface area contributed by atoms with Crippen LogP contribution in [0.5, 0.6) is 0 Å². The van der Waals surface area contributed by atoms with Crippen LogP contribution in [0.25, 0.3) is 11.1 Å². The molecule has 0 radical (unpaired) electrons. The van der Waals surface area contributed by atoms with E-state index < -0.39 is 17.8 Å². The van der Waals surface area contributed by atoms with Crippen molar-refractivity contribution in [2.75, 3.05) is 31.2 Å². The summed E-state index contributed by atoms with van der Waals surface area (Å²) in [5.41, 5.74) is 6.33. The van der Waals surface area contributed by atoms with Crippen molar-refractivity contribution in [3.8, 4) is 11.1 Å². The maximum atomic E-state index is 13.3. The summed E-state index contributed by atoms with van der Waals surface area (Å²) >= 11 is 0. The highest BCUT2D eigenvalue weighted by Crippen LogP contribution is 2.41. The number of para-hydroxylation sites is 1. The molecule has 3 fully saturated rings. The molecule has 11 heteroatoms. The van der Waals surface area contributed by atoms with E-state index in [1.165, 1.54) is 0 Å². The fraction of sp³-hybridized carbons (Fsp3) is 0.413. The highest BCUT2D eigenvalue weighted by atomic mass is 16.7. The van der Waals surface area contributed by atoms with Crippen LogP contribution < -0.4 is 15.5 Å². The fourth-order valence-corrected chi connectivity index (χ4v) is 8.39. The van der Waals surface area contributed by atoms with Crippen LogP contribution in [0.4, 0.5) is 5.69 Å². The Labute approximate surface area is 335 Å². The van der Waals surface area contributed by atoms with Gasteiger partial charge in [-0.25, -0.2) is 0 Å². The molecule has 2 amide bonds. The SMILES string of the molecule is O=C(O)CCCCCCC(=O)NCc1cccc(-c2cccc([C@@H]3O[C@H](CN4CCC5(CC4)C(=O)NCN5c4ccccc4)C[C@H](c4ccc(CO)cc4)O3)c2)c1. The van der Waals surface area contributed by atoms with Gasteiger partial charge in [0.05, 0.1) is 25.5 Å². The van der Waals surface area contributed by atoms with E-state index in [0.29, 0.717) is 39.0 Å². The molecule has 3 aliphatic rings. The summed E-state index contributed by atoms with van der Waals surface area (Å²) in [6, 6.07) is 34.5. The van der Waals surface area contributed by atoms with Crippen molar-refractivity contribution in [2.24, 2.45) is 0 Å². The number of aliphatic hydroxyl groups excluding tert-OH is 1. The van der Waals surface area contributed by atoms with E-state index in [1.807, 2.05) is 66.7 Å². The Morgan fingerprint density at radius 2 is 1.51 bits per heavy atom. The second-order valence-corrected chi connectivity index (χ2v) is 15.5. The summed E-state index contributed by atoms with van der Waals surface area (Å²) < 4.78 is 13.5. The zero-order chi connectivity index (χ0) is 39.6. The smallest absolute Gasteiger partial charge is 0.303 e. The minimum absolute atomic E-state index is 0.00964. The molecule has 3 saturated heterocycles. The van der Waals surface area contributed by atoms with Crippen molar-refractivity contribution < 1.29 is 34.1 Å². The molecule has 0 saturated carbocycles. The van der Waals surface area contributed by atoms with Gasteiger partial charge in [-0.1, -0.05) is 91.7 Å². The molecule has 3 aliphatic heterocycles. The average Bonchev–Trinajstić information content (AvgIpc) is 3.56. The van der Waals surface area contributed by atoms with Crippen LogP contribution in [-0.2, 0) is 37.0 Å². The number of ether oxygens (including phenoxy) is 2. The number of piperidine rings is 1. The number of nitrogens with one attached hydrogen (secondary N) is 2. The summed E-state index contributed by atoms with van der Waals surface area (Å²) in [4.78, 5) is 41.2. The van der Waals surface area contributed by atoms with Gasteiger partial charge in [-0.3, -0.25) is 14.4 Å². The molecule has 0 aliphatic carbocycles. The first-order valence-electron chi connectivity index (χ1n) is 20.3. The van der Waals surface area contributed by atoms with Gasteiger partial charge in [0.1, 0.15) is 5.54 Å². The first kappa shape index (κ1) is 40.1. The molecular formula is C46H54N4O7. The molecule has 0 unspecified atom stereocenters. The number of rotatable bonds is 16. The lowest BCUT2D eigenvalue weighted by Gasteiger charge is -2.45. The lowest BCUT2D eigenvalue weighted by molar-refractivity contribution is -0.253. The molecule has 0 bridgehead atoms. The van der Waals surface area contributed by atoms with Crippen LogP contribution in [0.1, 0.15) is 92.4 Å². The summed E-state index contributed by atoms with van der Waals surface area (Å²) in [7, 11) is 0. The van der Waals surface area contributed by atoms with Gasteiger partial charge in [0.2, 0.25) is 11.8 Å². The van der Waals surface area contributed by atoms with Gasteiger partial charge in [-0.05, 0) is 77.8 Å². The number of unbranched alkanes of at least 4 members (excludes halogenated alkanes) is 3. The summed E-state index contributed by atoms with van der Waals surface area (Å²) in [5, 5.41) is 24.6. The zero-order valence-corrected chi connectivity index (χ0v) is 32.5. The Morgan fingerprint density at radius 1 is 0.789 bits per heavy atom. The van der Waals surface area contributed by atoms with Crippen LogP contribution in [0.2, 0.25) is 0 Å². The summed E-state index contributed by atoms with van der Waals surface area (Å²) in [6.45, 7) is 3.19. The zero-order valence-electron chi connectivity index (χ0n) is 32.5. The van der Waals surface area contributed by atoms with Crippen molar-refractivity contribution in [2.45, 2.75) is 95.0 Å². The number of hydrogen-bond donors (Lipinski definition) is 4. The number of benzene rings is 4. The maximum absolute atomic E-state index is 13.3. The second-order valence-electron chi connectivity index (χ2n) is 15.5. The van der Waals surface area contributed by atoms with Crippen LogP contribution >= 0.6 is 0 Å². The molecule has 1 spiro atoms. The number of carboxylic acids is 1. The number of aliphatic hydroxyl groups is 1. The largest absolute Gasteiger partial charge is 0.481 e. The van der Waals surface area contributed by atoms with Crippen LogP contribution in [0, 0.1) is 0 Å². The third-order valence-corrected chi connectivity index (χ3v) is 11.6. The monoisotopic (exact) mass is 774 g/mol. The lowest BCUT2D eigenvalue weighted by atomic mass is 9.85. The quantitative estimate of drug-likeness (QED) is 0.0900. The molecule has 0 aromatic heterocycles. The normalized spacial score (nSPS) is 20.7. The highest BCUT2D eigenvalue weighted by Gasteiger charge is 2.50. The number of carboxylic acid groups (broad SMARTS) is 1. The minimum Gasteiger partial charge on any atom is -0.481 e. The number of nitrogens with zero attached hydrogens (tertiary/aromatic N) is 2. The Balaban J connectivity index is 1.01. The standard InChI is InChI=1S/C46H54N4O7/c51-31-33-18-20-35(21-19-33)41-28-40(30-49-24-22-46(23-25-49)45(55)48-32-50(46)39-14-4-3-5-15-39)56-44(57-41)38-13-9-12-37(27-38)36-11-8-10-34(26-36)29-47-42(52)16-6-1-2-7-17-43(53)54/h3-5,8-15,18-21,26-27,40-41,44,51H,1-2,6-7,16-17,22-25,28-32H2,(H,47,52)(H,48,55)(H,53,54)/t40-,41+,44+/m0/s1. The van der Waals surface area contributed by atoms with Gasteiger partial charge in [-0.15, -0.1) is 0 Å².